The molecular formula is C13H25NO. The molecule has 0 saturated heterocycles. The van der Waals surface area contributed by atoms with Crippen LogP contribution in [0.4, 0.5) is 0 Å². The maximum absolute atomic E-state index is 10.8. The van der Waals surface area contributed by atoms with Crippen LogP contribution in [0.15, 0.2) is 24.4 Å². The molecular weight excluding hydrogens is 186 g/mol. The van der Waals surface area contributed by atoms with Crippen LogP contribution in [0.2, 0.25) is 0 Å². The predicted octanol–water partition coefficient (Wildman–Crippen LogP) is 3.65. The van der Waals surface area contributed by atoms with Gasteiger partial charge in [-0.1, -0.05) is 53.7 Å². The van der Waals surface area contributed by atoms with Gasteiger partial charge >= 0.3 is 0 Å². The van der Waals surface area contributed by atoms with E-state index in [1.807, 2.05) is 39.8 Å². The molecule has 1 unspecified atom stereocenters. The fraction of sp³-hybridized carbons (Fsp3) is 0.615. The SMILES string of the molecule is CC.CC.CCC1(C)C=CNC(=O)C=C1. The normalized spacial score (nSPS) is 22.7. The summed E-state index contributed by atoms with van der Waals surface area (Å²) in [5, 5.41) is 2.63. The molecule has 0 radical (unpaired) electrons. The zero-order valence-electron chi connectivity index (χ0n) is 10.9. The van der Waals surface area contributed by atoms with Crippen LogP contribution in [-0.2, 0) is 4.79 Å². The van der Waals surface area contributed by atoms with Gasteiger partial charge in [0.15, 0.2) is 0 Å². The number of hydrogen-bond donors (Lipinski definition) is 1. The summed E-state index contributed by atoms with van der Waals surface area (Å²) in [5.41, 5.74) is 0.0408. The van der Waals surface area contributed by atoms with Crippen molar-refractivity contribution < 1.29 is 4.79 Å². The molecule has 0 aromatic heterocycles. The van der Waals surface area contributed by atoms with Crippen molar-refractivity contribution in [3.63, 3.8) is 0 Å². The van der Waals surface area contributed by atoms with E-state index in [2.05, 4.69) is 19.2 Å². The average molecular weight is 211 g/mol. The van der Waals surface area contributed by atoms with E-state index in [1.165, 1.54) is 0 Å². The summed E-state index contributed by atoms with van der Waals surface area (Å²) in [6.45, 7) is 12.2. The molecule has 2 nitrogen and oxygen atoms in total. The molecule has 0 aromatic carbocycles. The Hall–Kier alpha value is -1.05. The van der Waals surface area contributed by atoms with E-state index >= 15 is 0 Å². The third-order valence-electron chi connectivity index (χ3n) is 2.07. The van der Waals surface area contributed by atoms with Gasteiger partial charge in [-0.25, -0.2) is 0 Å². The summed E-state index contributed by atoms with van der Waals surface area (Å²) in [6.07, 6.45) is 8.25. The number of carbonyl (C=O) groups is 1. The molecule has 88 valence electrons. The molecule has 0 saturated carbocycles. The molecule has 1 heterocycles. The van der Waals surface area contributed by atoms with Gasteiger partial charge in [-0.05, 0) is 6.42 Å². The lowest BCUT2D eigenvalue weighted by atomic mass is 9.87. The minimum atomic E-state index is -0.0431. The van der Waals surface area contributed by atoms with Crippen LogP contribution in [-0.4, -0.2) is 5.91 Å². The van der Waals surface area contributed by atoms with Gasteiger partial charge in [0.25, 0.3) is 0 Å². The minimum absolute atomic E-state index is 0.0408. The van der Waals surface area contributed by atoms with Crippen molar-refractivity contribution in [1.82, 2.24) is 5.32 Å². The van der Waals surface area contributed by atoms with Gasteiger partial charge < -0.3 is 5.32 Å². The van der Waals surface area contributed by atoms with Crippen molar-refractivity contribution >= 4 is 5.91 Å². The maximum atomic E-state index is 10.8. The number of allylic oxidation sites excluding steroid dienone is 2. The highest BCUT2D eigenvalue weighted by atomic mass is 16.1. The van der Waals surface area contributed by atoms with Crippen LogP contribution >= 0.6 is 0 Å². The van der Waals surface area contributed by atoms with Crippen molar-refractivity contribution in [3.05, 3.63) is 24.4 Å². The van der Waals surface area contributed by atoms with Gasteiger partial charge in [0.2, 0.25) is 5.91 Å². The lowest BCUT2D eigenvalue weighted by Crippen LogP contribution is -2.11. The zero-order valence-corrected chi connectivity index (χ0v) is 10.9. The zero-order chi connectivity index (χ0) is 12.3. The quantitative estimate of drug-likeness (QED) is 0.704. The summed E-state index contributed by atoms with van der Waals surface area (Å²) in [6, 6.07) is 0. The van der Waals surface area contributed by atoms with Crippen molar-refractivity contribution in [3.8, 4) is 0 Å². The molecule has 1 aliphatic rings. The van der Waals surface area contributed by atoms with Gasteiger partial charge in [0.05, 0.1) is 0 Å². The maximum Gasteiger partial charge on any atom is 0.247 e. The Morgan fingerprint density at radius 2 is 1.73 bits per heavy atom. The topological polar surface area (TPSA) is 29.1 Å². The molecule has 1 N–H and O–H groups in total. The Morgan fingerprint density at radius 1 is 1.20 bits per heavy atom. The van der Waals surface area contributed by atoms with Crippen LogP contribution in [0.3, 0.4) is 0 Å². The standard InChI is InChI=1S/C9H13NO.2C2H6/c1-3-9(2)5-4-8(11)10-7-6-9;2*1-2/h4-7H,3H2,1-2H3,(H,10,11);2*1-2H3. The summed E-state index contributed by atoms with van der Waals surface area (Å²) in [7, 11) is 0. The van der Waals surface area contributed by atoms with E-state index in [-0.39, 0.29) is 11.3 Å². The fourth-order valence-electron chi connectivity index (χ4n) is 0.920. The van der Waals surface area contributed by atoms with Gasteiger partial charge in [-0.15, -0.1) is 0 Å². The fourth-order valence-corrected chi connectivity index (χ4v) is 0.920. The van der Waals surface area contributed by atoms with Gasteiger partial charge in [-0.3, -0.25) is 4.79 Å². The summed E-state index contributed by atoms with van der Waals surface area (Å²) in [5.74, 6) is -0.0431. The molecule has 1 atom stereocenters. The van der Waals surface area contributed by atoms with E-state index in [0.29, 0.717) is 0 Å². The second kappa shape index (κ2) is 9.50. The summed E-state index contributed by atoms with van der Waals surface area (Å²) < 4.78 is 0. The third-order valence-corrected chi connectivity index (χ3v) is 2.07. The molecule has 0 bridgehead atoms. The molecule has 0 aromatic rings. The molecule has 2 heteroatoms. The van der Waals surface area contributed by atoms with E-state index < -0.39 is 0 Å². The van der Waals surface area contributed by atoms with Gasteiger partial charge in [0.1, 0.15) is 0 Å². The Bertz CT molecular complexity index is 219. The largest absolute Gasteiger partial charge is 0.329 e. The smallest absolute Gasteiger partial charge is 0.247 e. The Morgan fingerprint density at radius 3 is 2.20 bits per heavy atom. The number of nitrogens with one attached hydrogen (secondary N) is 1. The van der Waals surface area contributed by atoms with Crippen molar-refractivity contribution in [2.45, 2.75) is 48.0 Å². The molecule has 0 fully saturated rings. The predicted molar refractivity (Wildman–Crippen MR) is 67.5 cm³/mol. The lowest BCUT2D eigenvalue weighted by Gasteiger charge is -2.17. The molecule has 1 rings (SSSR count). The number of carbonyl (C=O) groups excluding carboxylic acids is 1. The van der Waals surface area contributed by atoms with E-state index in [0.717, 1.165) is 6.42 Å². The molecule has 0 spiro atoms. The van der Waals surface area contributed by atoms with Crippen molar-refractivity contribution in [1.29, 1.82) is 0 Å². The highest BCUT2D eigenvalue weighted by Crippen LogP contribution is 2.25. The van der Waals surface area contributed by atoms with Crippen LogP contribution in [0.1, 0.15) is 48.0 Å². The van der Waals surface area contributed by atoms with Crippen LogP contribution < -0.4 is 5.32 Å². The highest BCUT2D eigenvalue weighted by Gasteiger charge is 2.16. The summed E-state index contributed by atoms with van der Waals surface area (Å²) in [4.78, 5) is 10.8. The minimum Gasteiger partial charge on any atom is -0.329 e. The van der Waals surface area contributed by atoms with Crippen molar-refractivity contribution in [2.24, 2.45) is 5.41 Å². The second-order valence-electron chi connectivity index (χ2n) is 3.03. The lowest BCUT2D eigenvalue weighted by molar-refractivity contribution is -0.115. The number of amides is 1. The molecule has 1 amide bonds. The molecule has 1 aliphatic heterocycles. The number of rotatable bonds is 1. The highest BCUT2D eigenvalue weighted by molar-refractivity contribution is 5.88. The monoisotopic (exact) mass is 211 g/mol. The van der Waals surface area contributed by atoms with Gasteiger partial charge in [-0.2, -0.15) is 0 Å². The van der Waals surface area contributed by atoms with Crippen LogP contribution in [0, 0.1) is 5.41 Å². The van der Waals surface area contributed by atoms with Gasteiger partial charge in [0, 0.05) is 17.7 Å². The van der Waals surface area contributed by atoms with E-state index in [4.69, 9.17) is 0 Å². The van der Waals surface area contributed by atoms with Crippen LogP contribution in [0.5, 0.6) is 0 Å². The van der Waals surface area contributed by atoms with Crippen molar-refractivity contribution in [2.75, 3.05) is 0 Å². The second-order valence-corrected chi connectivity index (χ2v) is 3.03. The van der Waals surface area contributed by atoms with E-state index in [1.54, 1.807) is 12.3 Å². The first-order chi connectivity index (χ1) is 7.16. The third kappa shape index (κ3) is 6.95. The Balaban J connectivity index is 0. The Kier molecular flexibility index (Phi) is 10.4. The first-order valence-electron chi connectivity index (χ1n) is 5.84. The summed E-state index contributed by atoms with van der Waals surface area (Å²) >= 11 is 0. The molecule has 15 heavy (non-hydrogen) atoms. The average Bonchev–Trinajstić information content (AvgIpc) is 2.48. The van der Waals surface area contributed by atoms with Crippen LogP contribution in [0.25, 0.3) is 0 Å². The Labute approximate surface area is 94.5 Å². The first-order valence-corrected chi connectivity index (χ1v) is 5.84. The first kappa shape index (κ1) is 16.4. The number of hydrogen-bond acceptors (Lipinski definition) is 1. The van der Waals surface area contributed by atoms with E-state index in [9.17, 15) is 4.79 Å². The molecule has 0 aliphatic carbocycles.